The van der Waals surface area contributed by atoms with E-state index in [1.54, 1.807) is 18.3 Å². The monoisotopic (exact) mass is 450 g/mol. The van der Waals surface area contributed by atoms with Crippen LogP contribution in [0, 0.1) is 12.3 Å². The Morgan fingerprint density at radius 3 is 2.45 bits per heavy atom. The van der Waals surface area contributed by atoms with E-state index in [0.29, 0.717) is 17.5 Å². The molecule has 1 aromatic carbocycles. The van der Waals surface area contributed by atoms with Gasteiger partial charge in [-0.25, -0.2) is 4.79 Å². The molecular weight excluding hydrogens is 428 g/mol. The molecule has 33 heavy (non-hydrogen) atoms. The molecule has 11 heteroatoms. The molecule has 0 aliphatic rings. The number of hydrogen-bond donors (Lipinski definition) is 6. The normalized spacial score (nSPS) is 12.6. The number of aromatic amines is 1. The van der Waals surface area contributed by atoms with E-state index in [4.69, 9.17) is 23.0 Å². The summed E-state index contributed by atoms with van der Waals surface area (Å²) in [5.41, 5.74) is 13.9. The predicted molar refractivity (Wildman–Crippen MR) is 120 cm³/mol. The molecule has 0 bridgehead atoms. The Bertz CT molecular complexity index is 1240. The minimum absolute atomic E-state index is 0.0591. The number of nitrogens with one attached hydrogen (secondary N) is 2. The summed E-state index contributed by atoms with van der Waals surface area (Å²) in [5.74, 6) is -0.407. The fourth-order valence-electron chi connectivity index (χ4n) is 3.43. The van der Waals surface area contributed by atoms with E-state index in [-0.39, 0.29) is 36.1 Å². The molecule has 2 aromatic heterocycles. The fourth-order valence-corrected chi connectivity index (χ4v) is 3.43. The van der Waals surface area contributed by atoms with Crippen LogP contribution in [0.2, 0.25) is 0 Å². The zero-order valence-electron chi connectivity index (χ0n) is 17.4. The Morgan fingerprint density at radius 1 is 1.15 bits per heavy atom. The van der Waals surface area contributed by atoms with Crippen LogP contribution in [0.3, 0.4) is 0 Å². The first-order chi connectivity index (χ1) is 15.7. The van der Waals surface area contributed by atoms with E-state index < -0.39 is 23.9 Å². The lowest BCUT2D eigenvalue weighted by atomic mass is 9.92. The van der Waals surface area contributed by atoms with Crippen LogP contribution in [0.15, 0.2) is 30.5 Å². The average Bonchev–Trinajstić information content (AvgIpc) is 3.17. The Kier molecular flexibility index (Phi) is 6.78. The van der Waals surface area contributed by atoms with Crippen molar-refractivity contribution in [2.45, 2.75) is 31.2 Å². The summed E-state index contributed by atoms with van der Waals surface area (Å²) in [7, 11) is 0. The van der Waals surface area contributed by atoms with E-state index >= 15 is 0 Å². The molecule has 8 N–H and O–H groups in total. The largest absolute Gasteiger partial charge is 0.481 e. The maximum Gasteiger partial charge on any atom is 0.326 e. The molecular formula is C22H22N6O5. The number of nitrogens with two attached hydrogens (primary N) is 2. The summed E-state index contributed by atoms with van der Waals surface area (Å²) >= 11 is 0. The molecule has 0 saturated carbocycles. The summed E-state index contributed by atoms with van der Waals surface area (Å²) in [6.45, 7) is 0. The molecule has 170 valence electrons. The average molecular weight is 450 g/mol. The summed E-state index contributed by atoms with van der Waals surface area (Å²) in [4.78, 5) is 45.5. The minimum Gasteiger partial charge on any atom is -0.481 e. The first kappa shape index (κ1) is 23.1. The highest BCUT2D eigenvalue weighted by Gasteiger charge is 2.22. The van der Waals surface area contributed by atoms with Gasteiger partial charge in [-0.05, 0) is 36.1 Å². The number of amides is 1. The van der Waals surface area contributed by atoms with E-state index in [1.165, 1.54) is 12.1 Å². The summed E-state index contributed by atoms with van der Waals surface area (Å²) in [5, 5.41) is 20.9. The zero-order chi connectivity index (χ0) is 24.1. The van der Waals surface area contributed by atoms with Crippen LogP contribution in [0.5, 0.6) is 0 Å². The van der Waals surface area contributed by atoms with Crippen molar-refractivity contribution in [3.63, 3.8) is 0 Å². The molecule has 0 fully saturated rings. The van der Waals surface area contributed by atoms with Crippen molar-refractivity contribution in [2.24, 2.45) is 0 Å². The molecule has 2 unspecified atom stereocenters. The van der Waals surface area contributed by atoms with Crippen molar-refractivity contribution >= 4 is 40.6 Å². The third-order valence-electron chi connectivity index (χ3n) is 5.11. The van der Waals surface area contributed by atoms with Crippen LogP contribution in [-0.2, 0) is 16.0 Å². The lowest BCUT2D eigenvalue weighted by Crippen LogP contribution is -2.41. The van der Waals surface area contributed by atoms with E-state index in [1.807, 2.05) is 0 Å². The number of carboxylic acids is 2. The van der Waals surface area contributed by atoms with Gasteiger partial charge in [-0.3, -0.25) is 9.59 Å². The Hall–Kier alpha value is -4.59. The molecule has 3 aromatic rings. The number of carbonyl (C=O) groups excluding carboxylic acids is 1. The number of nitrogens with zero attached hydrogens (tertiary/aromatic N) is 2. The van der Waals surface area contributed by atoms with Crippen LogP contribution < -0.4 is 16.8 Å². The molecule has 3 rings (SSSR count). The second kappa shape index (κ2) is 9.69. The number of carboxylic acid groups (broad SMARTS) is 2. The molecule has 0 spiro atoms. The number of rotatable bonds is 9. The van der Waals surface area contributed by atoms with E-state index in [2.05, 4.69) is 26.2 Å². The first-order valence-electron chi connectivity index (χ1n) is 9.90. The van der Waals surface area contributed by atoms with Crippen LogP contribution in [0.4, 0.5) is 11.8 Å². The van der Waals surface area contributed by atoms with Gasteiger partial charge in [0.1, 0.15) is 17.5 Å². The van der Waals surface area contributed by atoms with Gasteiger partial charge in [-0.15, -0.1) is 6.42 Å². The van der Waals surface area contributed by atoms with Gasteiger partial charge in [-0.2, -0.15) is 9.97 Å². The molecule has 0 aliphatic heterocycles. The van der Waals surface area contributed by atoms with Gasteiger partial charge in [-0.1, -0.05) is 18.1 Å². The number of H-pyrrole nitrogens is 1. The fraction of sp³-hybridized carbons (Fsp3) is 0.227. The Balaban J connectivity index is 1.74. The molecule has 1 amide bonds. The molecule has 2 heterocycles. The van der Waals surface area contributed by atoms with Gasteiger partial charge in [0.25, 0.3) is 5.91 Å². The third-order valence-corrected chi connectivity index (χ3v) is 5.11. The number of nitrogen functional groups attached to an aromatic ring is 2. The second-order valence-corrected chi connectivity index (χ2v) is 7.35. The minimum atomic E-state index is -1.31. The van der Waals surface area contributed by atoms with Gasteiger partial charge in [0.2, 0.25) is 5.95 Å². The molecule has 0 saturated heterocycles. The van der Waals surface area contributed by atoms with Gasteiger partial charge < -0.3 is 32.0 Å². The molecule has 2 atom stereocenters. The van der Waals surface area contributed by atoms with Crippen LogP contribution in [-0.4, -0.2) is 49.1 Å². The highest BCUT2D eigenvalue weighted by atomic mass is 16.4. The number of benzene rings is 1. The third kappa shape index (κ3) is 5.37. The van der Waals surface area contributed by atoms with Crippen molar-refractivity contribution in [1.82, 2.24) is 20.3 Å². The van der Waals surface area contributed by atoms with Crippen molar-refractivity contribution in [3.05, 3.63) is 47.2 Å². The number of terminal acetylenes is 1. The Morgan fingerprint density at radius 2 is 1.85 bits per heavy atom. The lowest BCUT2D eigenvalue weighted by molar-refractivity contribution is -0.140. The molecule has 0 radical (unpaired) electrons. The number of fused-ring (bicyclic) bond motifs is 1. The van der Waals surface area contributed by atoms with Crippen LogP contribution in [0.25, 0.3) is 11.0 Å². The lowest BCUT2D eigenvalue weighted by Gasteiger charge is -2.15. The maximum absolute atomic E-state index is 12.4. The predicted octanol–water partition coefficient (Wildman–Crippen LogP) is 1.13. The number of aromatic nitrogens is 3. The number of carbonyl (C=O) groups is 3. The number of hydrogen-bond acceptors (Lipinski definition) is 7. The smallest absolute Gasteiger partial charge is 0.326 e. The van der Waals surface area contributed by atoms with Crippen molar-refractivity contribution in [3.8, 4) is 12.3 Å². The van der Waals surface area contributed by atoms with Crippen LogP contribution in [0.1, 0.15) is 40.2 Å². The summed E-state index contributed by atoms with van der Waals surface area (Å²) in [6, 6.07) is 5.10. The molecule has 0 aliphatic carbocycles. The Labute approximate surface area is 188 Å². The summed E-state index contributed by atoms with van der Waals surface area (Å²) in [6.07, 6.45) is 7.31. The van der Waals surface area contributed by atoms with Gasteiger partial charge in [0, 0.05) is 24.1 Å². The van der Waals surface area contributed by atoms with Gasteiger partial charge in [0.05, 0.1) is 5.39 Å². The van der Waals surface area contributed by atoms with Crippen LogP contribution >= 0.6 is 0 Å². The summed E-state index contributed by atoms with van der Waals surface area (Å²) < 4.78 is 0. The SMILES string of the molecule is C#CC(Cc1c[nH]c2nc(N)nc(N)c12)c1ccc(C(=O)NC(CCC(=O)O)C(=O)O)cc1. The number of aliphatic carboxylic acids is 2. The first-order valence-corrected chi connectivity index (χ1v) is 9.90. The van der Waals surface area contributed by atoms with Gasteiger partial charge in [0.15, 0.2) is 0 Å². The standard InChI is InChI=1S/C22H22N6O5/c1-2-11(9-14-10-25-19-17(14)18(23)27-22(24)28-19)12-3-5-13(6-4-12)20(31)26-15(21(32)33)7-8-16(29)30/h1,3-6,10-11,15H,7-9H2,(H,26,31)(H,29,30)(H,32,33)(H5,23,24,25,27,28). The van der Waals surface area contributed by atoms with Crippen molar-refractivity contribution < 1.29 is 24.6 Å². The number of anilines is 2. The molecule has 11 nitrogen and oxygen atoms in total. The highest BCUT2D eigenvalue weighted by Crippen LogP contribution is 2.28. The van der Waals surface area contributed by atoms with Crippen molar-refractivity contribution in [1.29, 1.82) is 0 Å². The zero-order valence-corrected chi connectivity index (χ0v) is 17.4. The highest BCUT2D eigenvalue weighted by molar-refractivity contribution is 5.96. The van der Waals surface area contributed by atoms with Crippen molar-refractivity contribution in [2.75, 3.05) is 11.5 Å². The van der Waals surface area contributed by atoms with E-state index in [9.17, 15) is 19.5 Å². The van der Waals surface area contributed by atoms with E-state index in [0.717, 1.165) is 11.1 Å². The maximum atomic E-state index is 12.4. The van der Waals surface area contributed by atoms with Gasteiger partial charge >= 0.3 is 11.9 Å². The second-order valence-electron chi connectivity index (χ2n) is 7.35. The quantitative estimate of drug-likeness (QED) is 0.259. The topological polar surface area (TPSA) is 197 Å².